The smallest absolute Gasteiger partial charge is 0.216 e. The number of oxazole rings is 1. The maximum atomic E-state index is 12.9. The highest BCUT2D eigenvalue weighted by atomic mass is 19.1. The van der Waals surface area contributed by atoms with Crippen molar-refractivity contribution in [1.29, 1.82) is 0 Å². The zero-order valence-electron chi connectivity index (χ0n) is 11.5. The molecule has 0 amide bonds. The topological polar surface area (TPSA) is 68.8 Å². The van der Waals surface area contributed by atoms with Crippen LogP contribution in [0.3, 0.4) is 0 Å². The largest absolute Gasteiger partial charge is 0.439 e. The Hall–Kier alpha value is -2.54. The number of rotatable bonds is 5. The maximum absolute atomic E-state index is 12.9. The number of nitrogens with one attached hydrogen (secondary N) is 1. The maximum Gasteiger partial charge on any atom is 0.216 e. The van der Waals surface area contributed by atoms with E-state index in [1.807, 2.05) is 13.2 Å². The van der Waals surface area contributed by atoms with E-state index < -0.39 is 0 Å². The normalized spacial score (nSPS) is 11.0. The molecule has 0 aliphatic carbocycles. The zero-order valence-corrected chi connectivity index (χ0v) is 11.5. The first-order valence-electron chi connectivity index (χ1n) is 6.49. The standard InChI is InChI=1S/C14H14FN5O/c1-16-6-12-8-20(19-18-12)9-14-17-7-13(21-14)10-2-4-11(15)5-3-10/h2-5,7-8,16H,6,9H2,1H3. The molecule has 108 valence electrons. The molecule has 0 aliphatic heterocycles. The van der Waals surface area contributed by atoms with Crippen molar-refractivity contribution in [2.24, 2.45) is 0 Å². The van der Waals surface area contributed by atoms with E-state index >= 15 is 0 Å². The van der Waals surface area contributed by atoms with Crippen LogP contribution in [0.25, 0.3) is 11.3 Å². The van der Waals surface area contributed by atoms with Gasteiger partial charge in [0.2, 0.25) is 5.89 Å². The minimum absolute atomic E-state index is 0.279. The molecule has 1 aromatic carbocycles. The fourth-order valence-electron chi connectivity index (χ4n) is 1.95. The highest BCUT2D eigenvalue weighted by Gasteiger charge is 2.08. The molecule has 2 heterocycles. The molecule has 0 atom stereocenters. The molecular formula is C14H14FN5O. The Morgan fingerprint density at radius 3 is 2.86 bits per heavy atom. The van der Waals surface area contributed by atoms with Crippen molar-refractivity contribution >= 4 is 0 Å². The fraction of sp³-hybridized carbons (Fsp3) is 0.214. The van der Waals surface area contributed by atoms with Crippen molar-refractivity contribution in [1.82, 2.24) is 25.3 Å². The molecule has 0 saturated carbocycles. The number of nitrogens with zero attached hydrogens (tertiary/aromatic N) is 4. The third-order valence-electron chi connectivity index (χ3n) is 2.92. The molecule has 0 radical (unpaired) electrons. The SMILES string of the molecule is CNCc1cn(Cc2ncc(-c3ccc(F)cc3)o2)nn1. The Kier molecular flexibility index (Phi) is 3.74. The Labute approximate surface area is 120 Å². The van der Waals surface area contributed by atoms with Gasteiger partial charge in [0.15, 0.2) is 5.76 Å². The van der Waals surface area contributed by atoms with E-state index in [0.29, 0.717) is 24.7 Å². The molecule has 0 spiro atoms. The molecule has 1 N–H and O–H groups in total. The van der Waals surface area contributed by atoms with Gasteiger partial charge in [0, 0.05) is 12.1 Å². The first-order chi connectivity index (χ1) is 10.2. The van der Waals surface area contributed by atoms with Gasteiger partial charge in [-0.2, -0.15) is 0 Å². The van der Waals surface area contributed by atoms with Crippen LogP contribution in [0, 0.1) is 5.82 Å². The summed E-state index contributed by atoms with van der Waals surface area (Å²) < 4.78 is 20.2. The molecule has 0 fully saturated rings. The van der Waals surface area contributed by atoms with Crippen LogP contribution < -0.4 is 5.32 Å². The molecule has 0 aliphatic rings. The summed E-state index contributed by atoms with van der Waals surface area (Å²) in [5.74, 6) is 0.842. The third-order valence-corrected chi connectivity index (χ3v) is 2.92. The van der Waals surface area contributed by atoms with Gasteiger partial charge in [-0.1, -0.05) is 5.21 Å². The van der Waals surface area contributed by atoms with Crippen molar-refractivity contribution < 1.29 is 8.81 Å². The molecule has 2 aromatic heterocycles. The minimum atomic E-state index is -0.279. The van der Waals surface area contributed by atoms with Crippen LogP contribution in [-0.4, -0.2) is 27.0 Å². The van der Waals surface area contributed by atoms with Crippen LogP contribution in [0.4, 0.5) is 4.39 Å². The molecule has 3 rings (SSSR count). The second-order valence-corrected chi connectivity index (χ2v) is 4.56. The van der Waals surface area contributed by atoms with Gasteiger partial charge in [-0.3, -0.25) is 0 Å². The van der Waals surface area contributed by atoms with Crippen molar-refractivity contribution in [3.8, 4) is 11.3 Å². The van der Waals surface area contributed by atoms with Crippen LogP contribution in [0.1, 0.15) is 11.6 Å². The lowest BCUT2D eigenvalue weighted by molar-refractivity contribution is 0.469. The number of hydrogen-bond donors (Lipinski definition) is 1. The van der Waals surface area contributed by atoms with E-state index in [4.69, 9.17) is 4.42 Å². The fourth-order valence-corrected chi connectivity index (χ4v) is 1.95. The van der Waals surface area contributed by atoms with Crippen LogP contribution in [0.15, 0.2) is 41.1 Å². The Bertz CT molecular complexity index is 719. The quantitative estimate of drug-likeness (QED) is 0.775. The highest BCUT2D eigenvalue weighted by Crippen LogP contribution is 2.20. The van der Waals surface area contributed by atoms with Crippen LogP contribution in [0.2, 0.25) is 0 Å². The molecule has 0 saturated heterocycles. The second-order valence-electron chi connectivity index (χ2n) is 4.56. The van der Waals surface area contributed by atoms with E-state index in [1.165, 1.54) is 12.1 Å². The monoisotopic (exact) mass is 287 g/mol. The van der Waals surface area contributed by atoms with Crippen molar-refractivity contribution in [3.05, 3.63) is 54.1 Å². The summed E-state index contributed by atoms with van der Waals surface area (Å²) in [5, 5.41) is 11.0. The van der Waals surface area contributed by atoms with E-state index in [1.54, 1.807) is 23.0 Å². The Morgan fingerprint density at radius 2 is 2.10 bits per heavy atom. The number of benzene rings is 1. The Morgan fingerprint density at radius 1 is 1.29 bits per heavy atom. The van der Waals surface area contributed by atoms with Crippen molar-refractivity contribution in [3.63, 3.8) is 0 Å². The summed E-state index contributed by atoms with van der Waals surface area (Å²) in [6, 6.07) is 6.08. The summed E-state index contributed by atoms with van der Waals surface area (Å²) in [6.45, 7) is 1.06. The van der Waals surface area contributed by atoms with Crippen molar-refractivity contribution in [2.45, 2.75) is 13.1 Å². The predicted octanol–water partition coefficient (Wildman–Crippen LogP) is 1.84. The van der Waals surface area contributed by atoms with E-state index in [-0.39, 0.29) is 5.82 Å². The van der Waals surface area contributed by atoms with E-state index in [2.05, 4.69) is 20.6 Å². The molecule has 7 heteroatoms. The van der Waals surface area contributed by atoms with Crippen LogP contribution in [0.5, 0.6) is 0 Å². The number of hydrogen-bond acceptors (Lipinski definition) is 5. The summed E-state index contributed by atoms with van der Waals surface area (Å²) in [4.78, 5) is 4.20. The lowest BCUT2D eigenvalue weighted by Crippen LogP contribution is -2.05. The molecule has 0 unspecified atom stereocenters. The zero-order chi connectivity index (χ0) is 14.7. The van der Waals surface area contributed by atoms with Gasteiger partial charge in [0.05, 0.1) is 18.1 Å². The summed E-state index contributed by atoms with van der Waals surface area (Å²) >= 11 is 0. The van der Waals surface area contributed by atoms with Gasteiger partial charge in [-0.25, -0.2) is 14.1 Å². The molecular weight excluding hydrogens is 273 g/mol. The first kappa shape index (κ1) is 13.4. The van der Waals surface area contributed by atoms with Crippen LogP contribution >= 0.6 is 0 Å². The summed E-state index contributed by atoms with van der Waals surface area (Å²) in [5.41, 5.74) is 1.63. The van der Waals surface area contributed by atoms with Gasteiger partial charge in [0.25, 0.3) is 0 Å². The van der Waals surface area contributed by atoms with Crippen molar-refractivity contribution in [2.75, 3.05) is 7.05 Å². The van der Waals surface area contributed by atoms with E-state index in [9.17, 15) is 4.39 Å². The summed E-state index contributed by atoms with van der Waals surface area (Å²) in [6.07, 6.45) is 3.45. The third kappa shape index (κ3) is 3.14. The summed E-state index contributed by atoms with van der Waals surface area (Å²) in [7, 11) is 1.85. The molecule has 3 aromatic rings. The lowest BCUT2D eigenvalue weighted by Gasteiger charge is -1.97. The molecule has 0 bridgehead atoms. The average Bonchev–Trinajstić information content (AvgIpc) is 3.11. The molecule has 6 nitrogen and oxygen atoms in total. The Balaban J connectivity index is 1.73. The minimum Gasteiger partial charge on any atom is -0.439 e. The van der Waals surface area contributed by atoms with Crippen LogP contribution in [-0.2, 0) is 13.1 Å². The first-order valence-corrected chi connectivity index (χ1v) is 6.49. The highest BCUT2D eigenvalue weighted by molar-refractivity contribution is 5.55. The van der Waals surface area contributed by atoms with Gasteiger partial charge in [0.1, 0.15) is 12.4 Å². The predicted molar refractivity (Wildman–Crippen MR) is 73.8 cm³/mol. The van der Waals surface area contributed by atoms with Gasteiger partial charge in [-0.05, 0) is 31.3 Å². The molecule has 21 heavy (non-hydrogen) atoms. The van der Waals surface area contributed by atoms with Gasteiger partial charge in [-0.15, -0.1) is 5.10 Å². The second kappa shape index (κ2) is 5.84. The van der Waals surface area contributed by atoms with Gasteiger partial charge >= 0.3 is 0 Å². The number of aromatic nitrogens is 4. The van der Waals surface area contributed by atoms with E-state index in [0.717, 1.165) is 11.3 Å². The number of halogens is 1. The van der Waals surface area contributed by atoms with Gasteiger partial charge < -0.3 is 9.73 Å². The lowest BCUT2D eigenvalue weighted by atomic mass is 10.2. The average molecular weight is 287 g/mol.